The van der Waals surface area contributed by atoms with Crippen LogP contribution in [0.5, 0.6) is 0 Å². The maximum Gasteiger partial charge on any atom is 0.471 e. The van der Waals surface area contributed by atoms with Crippen LogP contribution in [0.2, 0.25) is 0 Å². The van der Waals surface area contributed by atoms with Crippen LogP contribution in [0.15, 0.2) is 18.2 Å². The number of benzene rings is 1. The van der Waals surface area contributed by atoms with Gasteiger partial charge in [-0.25, -0.2) is 8.78 Å². The van der Waals surface area contributed by atoms with E-state index in [1.54, 1.807) is 0 Å². The Bertz CT molecular complexity index is 538. The summed E-state index contributed by atoms with van der Waals surface area (Å²) in [5.74, 6) is -3.29. The monoisotopic (exact) mass is 344 g/mol. The van der Waals surface area contributed by atoms with Crippen LogP contribution in [-0.4, -0.2) is 24.7 Å². The molecule has 22 heavy (non-hydrogen) atoms. The number of hydrogen-bond donors (Lipinski definition) is 2. The molecule has 1 aliphatic rings. The molecular weight excluding hydrogens is 331 g/mol. The van der Waals surface area contributed by atoms with E-state index in [2.05, 4.69) is 5.32 Å². The molecule has 3 nitrogen and oxygen atoms in total. The zero-order valence-corrected chi connectivity index (χ0v) is 12.0. The topological polar surface area (TPSA) is 41.1 Å². The average molecular weight is 345 g/mol. The molecule has 1 amide bonds. The molecule has 2 atom stereocenters. The number of alkyl halides is 3. The van der Waals surface area contributed by atoms with Gasteiger partial charge in [-0.15, -0.1) is 12.4 Å². The minimum absolute atomic E-state index is 0. The summed E-state index contributed by atoms with van der Waals surface area (Å²) in [5.41, 5.74) is 0.0426. The molecule has 0 aliphatic carbocycles. The van der Waals surface area contributed by atoms with Crippen molar-refractivity contribution >= 4 is 18.3 Å². The van der Waals surface area contributed by atoms with Gasteiger partial charge in [0, 0.05) is 17.6 Å². The fraction of sp³-hybridized carbons (Fsp3) is 0.462. The SMILES string of the molecule is Cl.O=C(NC1CCNC(c2cc(F)ccc2F)C1)C(F)(F)F. The lowest BCUT2D eigenvalue weighted by Gasteiger charge is -2.31. The molecule has 0 saturated carbocycles. The molecule has 1 heterocycles. The van der Waals surface area contributed by atoms with Crippen molar-refractivity contribution in [1.29, 1.82) is 0 Å². The second-order valence-corrected chi connectivity index (χ2v) is 4.87. The van der Waals surface area contributed by atoms with Crippen LogP contribution in [0, 0.1) is 11.6 Å². The zero-order chi connectivity index (χ0) is 15.6. The molecule has 2 rings (SSSR count). The summed E-state index contributed by atoms with van der Waals surface area (Å²) in [4.78, 5) is 10.9. The highest BCUT2D eigenvalue weighted by Gasteiger charge is 2.40. The highest BCUT2D eigenvalue weighted by Crippen LogP contribution is 2.27. The quantitative estimate of drug-likeness (QED) is 0.810. The van der Waals surface area contributed by atoms with Gasteiger partial charge in [0.1, 0.15) is 11.6 Å². The average Bonchev–Trinajstić information content (AvgIpc) is 2.41. The number of carbonyl (C=O) groups excluding carboxylic acids is 1. The van der Waals surface area contributed by atoms with Gasteiger partial charge in [-0.1, -0.05) is 0 Å². The summed E-state index contributed by atoms with van der Waals surface area (Å²) in [6.45, 7) is 0.295. The van der Waals surface area contributed by atoms with Crippen molar-refractivity contribution in [2.24, 2.45) is 0 Å². The number of piperidine rings is 1. The van der Waals surface area contributed by atoms with E-state index in [1.807, 2.05) is 5.32 Å². The summed E-state index contributed by atoms with van der Waals surface area (Å²) in [6, 6.07) is 1.54. The van der Waals surface area contributed by atoms with Gasteiger partial charge in [0.2, 0.25) is 0 Å². The molecule has 0 aromatic heterocycles. The molecule has 0 spiro atoms. The zero-order valence-electron chi connectivity index (χ0n) is 11.2. The first kappa shape index (κ1) is 18.6. The Labute approximate surface area is 129 Å². The summed E-state index contributed by atoms with van der Waals surface area (Å²) in [6.07, 6.45) is -4.61. The minimum Gasteiger partial charge on any atom is -0.345 e. The number of rotatable bonds is 2. The lowest BCUT2D eigenvalue weighted by atomic mass is 9.93. The van der Waals surface area contributed by atoms with Gasteiger partial charge in [0.25, 0.3) is 0 Å². The van der Waals surface area contributed by atoms with Crippen LogP contribution >= 0.6 is 12.4 Å². The van der Waals surface area contributed by atoms with E-state index in [0.717, 1.165) is 18.2 Å². The number of carbonyl (C=O) groups is 1. The van der Waals surface area contributed by atoms with Crippen molar-refractivity contribution in [3.63, 3.8) is 0 Å². The van der Waals surface area contributed by atoms with E-state index in [-0.39, 0.29) is 30.8 Å². The lowest BCUT2D eigenvalue weighted by Crippen LogP contribution is -2.48. The Balaban J connectivity index is 0.00000242. The third-order valence-electron chi connectivity index (χ3n) is 3.33. The fourth-order valence-electron chi connectivity index (χ4n) is 2.33. The predicted molar refractivity (Wildman–Crippen MR) is 71.6 cm³/mol. The van der Waals surface area contributed by atoms with Crippen LogP contribution in [0.4, 0.5) is 22.0 Å². The van der Waals surface area contributed by atoms with Crippen molar-refractivity contribution in [1.82, 2.24) is 10.6 Å². The highest BCUT2D eigenvalue weighted by atomic mass is 35.5. The third-order valence-corrected chi connectivity index (χ3v) is 3.33. The Morgan fingerprint density at radius 1 is 1.27 bits per heavy atom. The summed E-state index contributed by atoms with van der Waals surface area (Å²) in [7, 11) is 0. The van der Waals surface area contributed by atoms with Crippen LogP contribution in [0.3, 0.4) is 0 Å². The van der Waals surface area contributed by atoms with E-state index in [0.29, 0.717) is 6.54 Å². The Morgan fingerprint density at radius 2 is 1.95 bits per heavy atom. The molecular formula is C13H14ClF5N2O. The van der Waals surface area contributed by atoms with Crippen molar-refractivity contribution in [2.45, 2.75) is 31.1 Å². The molecule has 2 N–H and O–H groups in total. The van der Waals surface area contributed by atoms with Gasteiger partial charge in [0.05, 0.1) is 0 Å². The molecule has 1 aliphatic heterocycles. The van der Waals surface area contributed by atoms with Crippen LogP contribution in [0.1, 0.15) is 24.4 Å². The standard InChI is InChI=1S/C13H13F5N2O.ClH/c14-7-1-2-10(15)9(5-7)11-6-8(3-4-19-11)20-12(21)13(16,17)18;/h1-2,5,8,11,19H,3-4,6H2,(H,20,21);1H. The van der Waals surface area contributed by atoms with E-state index < -0.39 is 35.8 Å². The van der Waals surface area contributed by atoms with Gasteiger partial charge < -0.3 is 10.6 Å². The fourth-order valence-corrected chi connectivity index (χ4v) is 2.33. The largest absolute Gasteiger partial charge is 0.471 e. The van der Waals surface area contributed by atoms with E-state index in [4.69, 9.17) is 0 Å². The Kier molecular flexibility index (Phi) is 6.13. The molecule has 1 fully saturated rings. The number of halogens is 6. The maximum absolute atomic E-state index is 13.7. The maximum atomic E-state index is 13.7. The molecule has 0 bridgehead atoms. The first-order valence-corrected chi connectivity index (χ1v) is 6.33. The highest BCUT2D eigenvalue weighted by molar-refractivity contribution is 5.85. The van der Waals surface area contributed by atoms with Gasteiger partial charge >= 0.3 is 12.1 Å². The Morgan fingerprint density at radius 3 is 2.59 bits per heavy atom. The minimum atomic E-state index is -4.95. The van der Waals surface area contributed by atoms with Gasteiger partial charge in [-0.2, -0.15) is 13.2 Å². The van der Waals surface area contributed by atoms with Crippen LogP contribution < -0.4 is 10.6 Å². The van der Waals surface area contributed by atoms with E-state index in [1.165, 1.54) is 0 Å². The first-order chi connectivity index (χ1) is 9.77. The number of hydrogen-bond acceptors (Lipinski definition) is 2. The van der Waals surface area contributed by atoms with Crippen molar-refractivity contribution in [2.75, 3.05) is 6.54 Å². The molecule has 9 heteroatoms. The van der Waals surface area contributed by atoms with Crippen molar-refractivity contribution in [3.8, 4) is 0 Å². The molecule has 1 aromatic carbocycles. The van der Waals surface area contributed by atoms with Gasteiger partial charge in [-0.05, 0) is 37.6 Å². The van der Waals surface area contributed by atoms with E-state index >= 15 is 0 Å². The van der Waals surface area contributed by atoms with Crippen molar-refractivity contribution < 1.29 is 26.7 Å². The Hall–Kier alpha value is -1.41. The lowest BCUT2D eigenvalue weighted by molar-refractivity contribution is -0.174. The number of amides is 1. The normalized spacial score (nSPS) is 21.9. The van der Waals surface area contributed by atoms with Crippen molar-refractivity contribution in [3.05, 3.63) is 35.4 Å². The van der Waals surface area contributed by atoms with Crippen LogP contribution in [-0.2, 0) is 4.79 Å². The predicted octanol–water partition coefficient (Wildman–Crippen LogP) is 2.86. The van der Waals surface area contributed by atoms with E-state index in [9.17, 15) is 26.7 Å². The molecule has 124 valence electrons. The third kappa shape index (κ3) is 4.54. The van der Waals surface area contributed by atoms with Gasteiger partial charge in [-0.3, -0.25) is 4.79 Å². The summed E-state index contributed by atoms with van der Waals surface area (Å²) in [5, 5.41) is 4.78. The van der Waals surface area contributed by atoms with Gasteiger partial charge in [0.15, 0.2) is 0 Å². The molecule has 2 unspecified atom stereocenters. The smallest absolute Gasteiger partial charge is 0.345 e. The molecule has 0 radical (unpaired) electrons. The second-order valence-electron chi connectivity index (χ2n) is 4.87. The summed E-state index contributed by atoms with van der Waals surface area (Å²) < 4.78 is 63.4. The summed E-state index contributed by atoms with van der Waals surface area (Å²) >= 11 is 0. The number of nitrogens with one attached hydrogen (secondary N) is 2. The molecule has 1 saturated heterocycles. The second kappa shape index (κ2) is 7.23. The molecule has 1 aromatic rings. The van der Waals surface area contributed by atoms with Crippen LogP contribution in [0.25, 0.3) is 0 Å². The first-order valence-electron chi connectivity index (χ1n) is 6.33.